The van der Waals surface area contributed by atoms with E-state index < -0.39 is 0 Å². The Morgan fingerprint density at radius 1 is 1.20 bits per heavy atom. The molecule has 1 aromatic heterocycles. The lowest BCUT2D eigenvalue weighted by molar-refractivity contribution is 0.563. The number of nitrogens with zero attached hydrogens (tertiary/aromatic N) is 2. The number of rotatable bonds is 2. The van der Waals surface area contributed by atoms with Gasteiger partial charge in [-0.1, -0.05) is 23.3 Å². The van der Waals surface area contributed by atoms with Crippen molar-refractivity contribution in [2.24, 2.45) is 0 Å². The van der Waals surface area contributed by atoms with Crippen molar-refractivity contribution >= 4 is 18.2 Å². The number of nitrogens with two attached hydrogens (primary N) is 1. The minimum atomic E-state index is -0.304. The van der Waals surface area contributed by atoms with Crippen LogP contribution in [0.2, 0.25) is 0 Å². The number of aromatic nitrogens is 2. The first-order valence-corrected chi connectivity index (χ1v) is 4.27. The molecule has 2 rings (SSSR count). The molecule has 0 spiro atoms. The maximum atomic E-state index is 13.2. The maximum absolute atomic E-state index is 13.2. The zero-order valence-corrected chi connectivity index (χ0v) is 7.72. The van der Waals surface area contributed by atoms with Crippen LogP contribution in [0.5, 0.6) is 0 Å². The Hall–Kier alpha value is -2.17. The van der Waals surface area contributed by atoms with Crippen LogP contribution in [0.25, 0.3) is 12.2 Å². The molecule has 4 nitrogen and oxygen atoms in total. The lowest BCUT2D eigenvalue weighted by atomic mass is 10.2. The van der Waals surface area contributed by atoms with Crippen LogP contribution in [0.1, 0.15) is 11.5 Å². The van der Waals surface area contributed by atoms with Crippen LogP contribution < -0.4 is 5.73 Å². The molecule has 2 N–H and O–H groups in total. The highest BCUT2D eigenvalue weighted by atomic mass is 19.1. The van der Waals surface area contributed by atoms with E-state index in [1.807, 2.05) is 0 Å². The molecule has 0 atom stereocenters. The fraction of sp³-hybridized carbons (Fsp3) is 0. The van der Waals surface area contributed by atoms with E-state index in [2.05, 4.69) is 10.2 Å². The topological polar surface area (TPSA) is 64.9 Å². The van der Waals surface area contributed by atoms with Crippen LogP contribution in [-0.4, -0.2) is 10.2 Å². The maximum Gasteiger partial charge on any atom is 0.313 e. The van der Waals surface area contributed by atoms with Gasteiger partial charge in [0.1, 0.15) is 5.82 Å². The van der Waals surface area contributed by atoms with Crippen molar-refractivity contribution in [3.05, 3.63) is 41.5 Å². The summed E-state index contributed by atoms with van der Waals surface area (Å²) in [6.45, 7) is 0. The third kappa shape index (κ3) is 2.19. The van der Waals surface area contributed by atoms with Gasteiger partial charge in [-0.05, 0) is 12.1 Å². The molecule has 0 radical (unpaired) electrons. The molecule has 0 aliphatic carbocycles. The Balaban J connectivity index is 2.22. The van der Waals surface area contributed by atoms with Gasteiger partial charge in [-0.25, -0.2) is 4.39 Å². The van der Waals surface area contributed by atoms with E-state index in [-0.39, 0.29) is 17.7 Å². The van der Waals surface area contributed by atoms with Crippen molar-refractivity contribution in [3.63, 3.8) is 0 Å². The molecule has 0 aliphatic heterocycles. The van der Waals surface area contributed by atoms with Crippen molar-refractivity contribution in [1.82, 2.24) is 10.2 Å². The second-order valence-electron chi connectivity index (χ2n) is 2.83. The van der Waals surface area contributed by atoms with Crippen molar-refractivity contribution in [1.29, 1.82) is 0 Å². The van der Waals surface area contributed by atoms with Crippen molar-refractivity contribution < 1.29 is 8.81 Å². The second kappa shape index (κ2) is 3.91. The Labute approximate surface area is 85.2 Å². The van der Waals surface area contributed by atoms with Crippen molar-refractivity contribution in [3.8, 4) is 0 Å². The summed E-state index contributed by atoms with van der Waals surface area (Å²) in [7, 11) is 0. The summed E-state index contributed by atoms with van der Waals surface area (Å²) in [6.07, 6.45) is 3.05. The van der Waals surface area contributed by atoms with E-state index in [0.717, 1.165) is 0 Å². The van der Waals surface area contributed by atoms with E-state index in [1.165, 1.54) is 12.1 Å². The van der Waals surface area contributed by atoms with Crippen LogP contribution in [0.4, 0.5) is 10.4 Å². The molecule has 76 valence electrons. The molecule has 0 amide bonds. The average molecular weight is 205 g/mol. The van der Waals surface area contributed by atoms with E-state index in [4.69, 9.17) is 10.2 Å². The summed E-state index contributed by atoms with van der Waals surface area (Å²) in [4.78, 5) is 0. The predicted molar refractivity (Wildman–Crippen MR) is 54.0 cm³/mol. The fourth-order valence-electron chi connectivity index (χ4n) is 1.09. The Morgan fingerprint density at radius 3 is 2.67 bits per heavy atom. The van der Waals surface area contributed by atoms with E-state index in [1.54, 1.807) is 24.3 Å². The lowest BCUT2D eigenvalue weighted by Crippen LogP contribution is -1.81. The average Bonchev–Trinajstić information content (AvgIpc) is 2.63. The molecule has 0 saturated heterocycles. The summed E-state index contributed by atoms with van der Waals surface area (Å²) < 4.78 is 18.0. The molecular weight excluding hydrogens is 197 g/mol. The number of anilines is 1. The highest BCUT2D eigenvalue weighted by molar-refractivity contribution is 5.66. The van der Waals surface area contributed by atoms with Crippen molar-refractivity contribution in [2.45, 2.75) is 0 Å². The quantitative estimate of drug-likeness (QED) is 0.813. The van der Waals surface area contributed by atoms with Gasteiger partial charge in [0.15, 0.2) is 0 Å². The highest BCUT2D eigenvalue weighted by Crippen LogP contribution is 2.11. The molecule has 0 fully saturated rings. The molecule has 15 heavy (non-hydrogen) atoms. The molecule has 1 aromatic carbocycles. The van der Waals surface area contributed by atoms with Crippen LogP contribution in [0.3, 0.4) is 0 Å². The Bertz CT molecular complexity index is 493. The number of halogens is 1. The molecule has 0 bridgehead atoms. The van der Waals surface area contributed by atoms with Gasteiger partial charge in [-0.3, -0.25) is 0 Å². The molecule has 5 heteroatoms. The number of nitrogen functional groups attached to an aromatic ring is 1. The van der Waals surface area contributed by atoms with E-state index >= 15 is 0 Å². The summed E-state index contributed by atoms with van der Waals surface area (Å²) in [6, 6.07) is 6.37. The largest absolute Gasteiger partial charge is 0.404 e. The Morgan fingerprint density at radius 2 is 2.00 bits per heavy atom. The third-order valence-electron chi connectivity index (χ3n) is 1.77. The normalized spacial score (nSPS) is 11.0. The zero-order chi connectivity index (χ0) is 10.7. The first-order chi connectivity index (χ1) is 7.25. The third-order valence-corrected chi connectivity index (χ3v) is 1.77. The van der Waals surface area contributed by atoms with Gasteiger partial charge in [0.05, 0.1) is 0 Å². The minimum absolute atomic E-state index is 0.0109. The first kappa shape index (κ1) is 9.39. The number of hydrogen-bond donors (Lipinski definition) is 1. The predicted octanol–water partition coefficient (Wildman–Crippen LogP) is 1.96. The van der Waals surface area contributed by atoms with Gasteiger partial charge in [0.25, 0.3) is 0 Å². The van der Waals surface area contributed by atoms with E-state index in [0.29, 0.717) is 5.56 Å². The standard InChI is InChI=1S/C10H8FN3O/c11-8-4-2-1-3-7(8)5-6-9-13-14-10(12)15-9/h1-6H,(H2,12,14)/b6-5+. The summed E-state index contributed by atoms with van der Waals surface area (Å²) >= 11 is 0. The van der Waals surface area contributed by atoms with Crippen LogP contribution >= 0.6 is 0 Å². The zero-order valence-electron chi connectivity index (χ0n) is 7.72. The molecule has 0 unspecified atom stereocenters. The van der Waals surface area contributed by atoms with E-state index in [9.17, 15) is 4.39 Å². The van der Waals surface area contributed by atoms with Gasteiger partial charge in [-0.2, -0.15) is 0 Å². The van der Waals surface area contributed by atoms with Crippen LogP contribution in [0, 0.1) is 5.82 Å². The van der Waals surface area contributed by atoms with Gasteiger partial charge in [0.2, 0.25) is 5.89 Å². The first-order valence-electron chi connectivity index (χ1n) is 4.27. The van der Waals surface area contributed by atoms with Crippen LogP contribution in [0.15, 0.2) is 28.7 Å². The van der Waals surface area contributed by atoms with Crippen molar-refractivity contribution in [2.75, 3.05) is 5.73 Å². The summed E-state index contributed by atoms with van der Waals surface area (Å²) in [5.74, 6) is -0.0583. The molecular formula is C10H8FN3O. The van der Waals surface area contributed by atoms with Gasteiger partial charge >= 0.3 is 6.01 Å². The fourth-order valence-corrected chi connectivity index (χ4v) is 1.09. The second-order valence-corrected chi connectivity index (χ2v) is 2.83. The molecule has 2 aromatic rings. The number of benzene rings is 1. The van der Waals surface area contributed by atoms with Gasteiger partial charge in [-0.15, -0.1) is 5.10 Å². The molecule has 1 heterocycles. The minimum Gasteiger partial charge on any atom is -0.404 e. The highest BCUT2D eigenvalue weighted by Gasteiger charge is 1.99. The Kier molecular flexibility index (Phi) is 2.45. The van der Waals surface area contributed by atoms with Gasteiger partial charge in [0, 0.05) is 11.6 Å². The smallest absolute Gasteiger partial charge is 0.313 e. The van der Waals surface area contributed by atoms with Crippen LogP contribution in [-0.2, 0) is 0 Å². The molecule has 0 aliphatic rings. The summed E-state index contributed by atoms with van der Waals surface area (Å²) in [5, 5.41) is 7.08. The lowest BCUT2D eigenvalue weighted by Gasteiger charge is -1.93. The van der Waals surface area contributed by atoms with Gasteiger partial charge < -0.3 is 10.2 Å². The molecule has 0 saturated carbocycles. The SMILES string of the molecule is Nc1nnc(/C=C/c2ccccc2F)o1. The monoisotopic (exact) mass is 205 g/mol. The summed E-state index contributed by atoms with van der Waals surface area (Å²) in [5.41, 5.74) is 5.68. The number of hydrogen-bond acceptors (Lipinski definition) is 4.